The van der Waals surface area contributed by atoms with Gasteiger partial charge in [-0.15, -0.1) is 11.8 Å². The van der Waals surface area contributed by atoms with Crippen LogP contribution < -0.4 is 11.1 Å². The Morgan fingerprint density at radius 2 is 1.88 bits per heavy atom. The van der Waals surface area contributed by atoms with Crippen LogP contribution in [0.25, 0.3) is 0 Å². The Kier molecular flexibility index (Phi) is 7.78. The van der Waals surface area contributed by atoms with Crippen LogP contribution in [0.3, 0.4) is 0 Å². The van der Waals surface area contributed by atoms with Gasteiger partial charge in [-0.2, -0.15) is 0 Å². The molecule has 3 amide bonds. The number of amides is 3. The fourth-order valence-corrected chi connectivity index (χ4v) is 2.87. The van der Waals surface area contributed by atoms with Crippen molar-refractivity contribution in [3.8, 4) is 0 Å². The highest BCUT2D eigenvalue weighted by Crippen LogP contribution is 2.22. The van der Waals surface area contributed by atoms with E-state index in [2.05, 4.69) is 6.07 Å². The standard InChI is InChI=1S/C17H24N2O4S/c1-10(2)15(16(21)19-17(18)22)23-14(20)7-8-24-13-6-5-11(3)12(4)9-13/h5-6,9-10,15H,7-8H2,1-4H3,(H3,18,19,21,22)/t15-/m1/s1. The summed E-state index contributed by atoms with van der Waals surface area (Å²) >= 11 is 1.55. The Labute approximate surface area is 146 Å². The van der Waals surface area contributed by atoms with E-state index in [9.17, 15) is 14.4 Å². The Hall–Kier alpha value is -2.02. The average Bonchev–Trinajstić information content (AvgIpc) is 2.47. The predicted molar refractivity (Wildman–Crippen MR) is 93.7 cm³/mol. The largest absolute Gasteiger partial charge is 0.452 e. The van der Waals surface area contributed by atoms with Crippen LogP contribution in [0.4, 0.5) is 4.79 Å². The molecule has 132 valence electrons. The number of carbonyl (C=O) groups is 3. The molecule has 0 bridgehead atoms. The zero-order valence-corrected chi connectivity index (χ0v) is 15.2. The summed E-state index contributed by atoms with van der Waals surface area (Å²) in [5.74, 6) is -0.901. The molecule has 0 fully saturated rings. The number of urea groups is 1. The van der Waals surface area contributed by atoms with Crippen LogP contribution in [0.1, 0.15) is 31.4 Å². The number of rotatable bonds is 7. The maximum Gasteiger partial charge on any atom is 0.318 e. The van der Waals surface area contributed by atoms with Crippen LogP contribution in [0, 0.1) is 19.8 Å². The minimum absolute atomic E-state index is 0.171. The first kappa shape index (κ1) is 20.0. The lowest BCUT2D eigenvalue weighted by Gasteiger charge is -2.19. The molecule has 0 spiro atoms. The molecule has 1 aromatic rings. The van der Waals surface area contributed by atoms with Gasteiger partial charge in [0.2, 0.25) is 0 Å². The third kappa shape index (κ3) is 6.62. The molecule has 0 radical (unpaired) electrons. The summed E-state index contributed by atoms with van der Waals surface area (Å²) in [5.41, 5.74) is 7.34. The third-order valence-electron chi connectivity index (χ3n) is 3.42. The minimum Gasteiger partial charge on any atom is -0.452 e. The number of hydrogen-bond donors (Lipinski definition) is 2. The zero-order valence-electron chi connectivity index (χ0n) is 14.4. The number of ether oxygens (including phenoxy) is 1. The van der Waals surface area contributed by atoms with Gasteiger partial charge in [-0.1, -0.05) is 19.9 Å². The van der Waals surface area contributed by atoms with Crippen LogP contribution in [0.2, 0.25) is 0 Å². The van der Waals surface area contributed by atoms with E-state index in [0.29, 0.717) is 5.75 Å². The van der Waals surface area contributed by atoms with E-state index in [1.807, 2.05) is 31.3 Å². The summed E-state index contributed by atoms with van der Waals surface area (Å²) in [6, 6.07) is 5.16. The van der Waals surface area contributed by atoms with E-state index in [-0.39, 0.29) is 12.3 Å². The molecule has 6 nitrogen and oxygen atoms in total. The molecule has 0 aliphatic rings. The van der Waals surface area contributed by atoms with E-state index >= 15 is 0 Å². The van der Waals surface area contributed by atoms with Gasteiger partial charge in [0, 0.05) is 10.6 Å². The Morgan fingerprint density at radius 1 is 1.21 bits per heavy atom. The smallest absolute Gasteiger partial charge is 0.318 e. The molecule has 0 aromatic heterocycles. The first-order valence-corrected chi connectivity index (χ1v) is 8.69. The minimum atomic E-state index is -1.03. The lowest BCUT2D eigenvalue weighted by atomic mass is 10.1. The van der Waals surface area contributed by atoms with Gasteiger partial charge in [-0.05, 0) is 43.0 Å². The molecule has 0 saturated carbocycles. The molecule has 3 N–H and O–H groups in total. The zero-order chi connectivity index (χ0) is 18.3. The third-order valence-corrected chi connectivity index (χ3v) is 4.42. The normalized spacial score (nSPS) is 11.9. The number of nitrogens with two attached hydrogens (primary N) is 1. The lowest BCUT2D eigenvalue weighted by molar-refractivity contribution is -0.157. The van der Waals surface area contributed by atoms with Gasteiger partial charge in [-0.25, -0.2) is 4.79 Å². The molecule has 0 saturated heterocycles. The maximum atomic E-state index is 11.9. The molecule has 0 aliphatic carbocycles. The Morgan fingerprint density at radius 3 is 2.42 bits per heavy atom. The Bertz CT molecular complexity index is 617. The fourth-order valence-electron chi connectivity index (χ4n) is 1.94. The monoisotopic (exact) mass is 352 g/mol. The van der Waals surface area contributed by atoms with Gasteiger partial charge >= 0.3 is 12.0 Å². The van der Waals surface area contributed by atoms with E-state index in [1.165, 1.54) is 11.1 Å². The SMILES string of the molecule is Cc1ccc(SCCC(=O)O[C@@H](C(=O)NC(N)=O)C(C)C)cc1C. The van der Waals surface area contributed by atoms with E-state index < -0.39 is 24.0 Å². The van der Waals surface area contributed by atoms with Gasteiger partial charge in [0.15, 0.2) is 6.10 Å². The number of benzene rings is 1. The Balaban J connectivity index is 2.49. The molecule has 1 rings (SSSR count). The number of aryl methyl sites for hydroxylation is 2. The number of esters is 1. The van der Waals surface area contributed by atoms with Gasteiger partial charge in [0.05, 0.1) is 6.42 Å². The van der Waals surface area contributed by atoms with Crippen molar-refractivity contribution in [2.75, 3.05) is 5.75 Å². The summed E-state index contributed by atoms with van der Waals surface area (Å²) in [4.78, 5) is 35.6. The van der Waals surface area contributed by atoms with Gasteiger partial charge in [0.1, 0.15) is 0 Å². The van der Waals surface area contributed by atoms with Crippen molar-refractivity contribution in [3.63, 3.8) is 0 Å². The number of thioether (sulfide) groups is 1. The lowest BCUT2D eigenvalue weighted by Crippen LogP contribution is -2.45. The average molecular weight is 352 g/mol. The number of hydrogen-bond acceptors (Lipinski definition) is 5. The molecular formula is C17H24N2O4S. The van der Waals surface area contributed by atoms with Gasteiger partial charge < -0.3 is 10.5 Å². The second-order valence-corrected chi connectivity index (χ2v) is 7.02. The number of nitrogens with one attached hydrogen (secondary N) is 1. The highest BCUT2D eigenvalue weighted by Gasteiger charge is 2.27. The van der Waals surface area contributed by atoms with E-state index in [4.69, 9.17) is 10.5 Å². The number of imide groups is 1. The van der Waals surface area contributed by atoms with Crippen molar-refractivity contribution in [2.24, 2.45) is 11.7 Å². The number of primary amides is 1. The molecule has 24 heavy (non-hydrogen) atoms. The first-order chi connectivity index (χ1) is 11.2. The summed E-state index contributed by atoms with van der Waals surface area (Å²) in [5, 5.41) is 1.94. The maximum absolute atomic E-state index is 11.9. The van der Waals surface area contributed by atoms with Crippen LogP contribution in [0.15, 0.2) is 23.1 Å². The molecule has 1 atom stereocenters. The fraction of sp³-hybridized carbons (Fsp3) is 0.471. The second-order valence-electron chi connectivity index (χ2n) is 5.85. The van der Waals surface area contributed by atoms with Crippen molar-refractivity contribution < 1.29 is 19.1 Å². The van der Waals surface area contributed by atoms with Crippen molar-refractivity contribution in [1.82, 2.24) is 5.32 Å². The van der Waals surface area contributed by atoms with Crippen LogP contribution in [-0.4, -0.2) is 29.8 Å². The van der Waals surface area contributed by atoms with Crippen molar-refractivity contribution in [1.29, 1.82) is 0 Å². The topological polar surface area (TPSA) is 98.5 Å². The molecule has 7 heteroatoms. The first-order valence-electron chi connectivity index (χ1n) is 7.70. The highest BCUT2D eigenvalue weighted by molar-refractivity contribution is 7.99. The molecule has 0 heterocycles. The van der Waals surface area contributed by atoms with Crippen LogP contribution >= 0.6 is 11.8 Å². The second kappa shape index (κ2) is 9.32. The number of carbonyl (C=O) groups excluding carboxylic acids is 3. The van der Waals surface area contributed by atoms with Crippen LogP contribution in [-0.2, 0) is 14.3 Å². The molecule has 1 aromatic carbocycles. The molecular weight excluding hydrogens is 328 g/mol. The summed E-state index contributed by atoms with van der Waals surface area (Å²) in [6.07, 6.45) is -0.860. The molecule has 0 unspecified atom stereocenters. The molecule has 0 aliphatic heterocycles. The quantitative estimate of drug-likeness (QED) is 0.580. The predicted octanol–water partition coefficient (Wildman–Crippen LogP) is 2.55. The van der Waals surface area contributed by atoms with Crippen LogP contribution in [0.5, 0.6) is 0 Å². The van der Waals surface area contributed by atoms with Crippen molar-refractivity contribution in [2.45, 2.75) is 45.1 Å². The van der Waals surface area contributed by atoms with Crippen molar-refractivity contribution in [3.05, 3.63) is 29.3 Å². The summed E-state index contributed by atoms with van der Waals surface area (Å²) in [7, 11) is 0. The highest BCUT2D eigenvalue weighted by atomic mass is 32.2. The van der Waals surface area contributed by atoms with Gasteiger partial charge in [-0.3, -0.25) is 14.9 Å². The van der Waals surface area contributed by atoms with Crippen molar-refractivity contribution >= 4 is 29.7 Å². The van der Waals surface area contributed by atoms with E-state index in [1.54, 1.807) is 25.6 Å². The van der Waals surface area contributed by atoms with Gasteiger partial charge in [0.25, 0.3) is 5.91 Å². The summed E-state index contributed by atoms with van der Waals surface area (Å²) < 4.78 is 5.18. The van der Waals surface area contributed by atoms with E-state index in [0.717, 1.165) is 4.90 Å². The summed E-state index contributed by atoms with van der Waals surface area (Å²) in [6.45, 7) is 7.53.